The highest BCUT2D eigenvalue weighted by atomic mass is 16.6. The second-order valence-electron chi connectivity index (χ2n) is 4.66. The Bertz CT molecular complexity index is 260. The van der Waals surface area contributed by atoms with Gasteiger partial charge in [-0.3, -0.25) is 9.59 Å². The molecule has 0 spiro atoms. The van der Waals surface area contributed by atoms with Gasteiger partial charge in [-0.25, -0.2) is 0 Å². The molecule has 0 aliphatic rings. The van der Waals surface area contributed by atoms with Crippen LogP contribution in [0.5, 0.6) is 0 Å². The van der Waals surface area contributed by atoms with Gasteiger partial charge in [-0.05, 0) is 33.6 Å². The van der Waals surface area contributed by atoms with Crippen LogP contribution in [0.2, 0.25) is 0 Å². The van der Waals surface area contributed by atoms with E-state index in [4.69, 9.17) is 21.3 Å². The van der Waals surface area contributed by atoms with E-state index in [1.807, 2.05) is 0 Å². The Morgan fingerprint density at radius 3 is 2.00 bits per heavy atom. The van der Waals surface area contributed by atoms with E-state index in [9.17, 15) is 9.59 Å². The molecule has 0 fully saturated rings. The fourth-order valence-electron chi connectivity index (χ4n) is 0.978. The molecular formula is C10H20N2O4. The molecule has 6 heteroatoms. The monoisotopic (exact) mass is 232 g/mol. The smallest absolute Gasteiger partial charge is 0.323 e. The normalized spacial score (nSPS) is 15.3. The number of esters is 1. The van der Waals surface area contributed by atoms with E-state index < -0.39 is 29.6 Å². The van der Waals surface area contributed by atoms with Crippen LogP contribution in [0.15, 0.2) is 0 Å². The molecule has 0 heterocycles. The van der Waals surface area contributed by atoms with Crippen molar-refractivity contribution >= 4 is 11.9 Å². The van der Waals surface area contributed by atoms with Crippen LogP contribution < -0.4 is 11.5 Å². The molecule has 0 amide bonds. The maximum atomic E-state index is 11.4. The van der Waals surface area contributed by atoms with Crippen molar-refractivity contribution in [2.45, 2.75) is 51.3 Å². The summed E-state index contributed by atoms with van der Waals surface area (Å²) in [5, 5.41) is 8.54. The number of aliphatic carboxylic acids is 1. The second kappa shape index (κ2) is 5.81. The lowest BCUT2D eigenvalue weighted by Gasteiger charge is -2.22. The first-order valence-corrected chi connectivity index (χ1v) is 5.10. The Morgan fingerprint density at radius 2 is 1.62 bits per heavy atom. The van der Waals surface area contributed by atoms with Gasteiger partial charge in [0.05, 0.1) is 0 Å². The Morgan fingerprint density at radius 1 is 1.19 bits per heavy atom. The molecule has 0 aromatic rings. The molecular weight excluding hydrogens is 212 g/mol. The molecule has 0 saturated heterocycles. The first-order chi connectivity index (χ1) is 7.13. The predicted octanol–water partition coefficient (Wildman–Crippen LogP) is -0.152. The lowest BCUT2D eigenvalue weighted by molar-refractivity contribution is -0.157. The summed E-state index contributed by atoms with van der Waals surface area (Å²) in [4.78, 5) is 21.8. The molecule has 0 radical (unpaired) electrons. The van der Waals surface area contributed by atoms with Crippen LogP contribution in [-0.2, 0) is 14.3 Å². The highest BCUT2D eigenvalue weighted by molar-refractivity contribution is 5.76. The molecule has 0 aliphatic heterocycles. The highest BCUT2D eigenvalue weighted by Crippen LogP contribution is 2.10. The number of ether oxygens (including phenoxy) is 1. The van der Waals surface area contributed by atoms with Gasteiger partial charge in [0.15, 0.2) is 0 Å². The topological polar surface area (TPSA) is 116 Å². The molecule has 5 N–H and O–H groups in total. The van der Waals surface area contributed by atoms with E-state index in [2.05, 4.69) is 0 Å². The second-order valence-corrected chi connectivity index (χ2v) is 4.66. The van der Waals surface area contributed by atoms with Crippen molar-refractivity contribution in [3.05, 3.63) is 0 Å². The summed E-state index contributed by atoms with van der Waals surface area (Å²) in [5.74, 6) is -1.64. The summed E-state index contributed by atoms with van der Waals surface area (Å²) < 4.78 is 5.04. The van der Waals surface area contributed by atoms with Crippen molar-refractivity contribution < 1.29 is 19.4 Å². The van der Waals surface area contributed by atoms with Gasteiger partial charge < -0.3 is 21.3 Å². The molecule has 0 rings (SSSR count). The van der Waals surface area contributed by atoms with Crippen molar-refractivity contribution in [2.75, 3.05) is 0 Å². The molecule has 2 atom stereocenters. The number of carboxylic acids is 1. The summed E-state index contributed by atoms with van der Waals surface area (Å²) in [6.45, 7) is 5.21. The van der Waals surface area contributed by atoms with Gasteiger partial charge in [0.2, 0.25) is 0 Å². The van der Waals surface area contributed by atoms with E-state index in [-0.39, 0.29) is 12.8 Å². The summed E-state index contributed by atoms with van der Waals surface area (Å²) in [6, 6.07) is -1.82. The molecule has 16 heavy (non-hydrogen) atoms. The molecule has 0 saturated carbocycles. The van der Waals surface area contributed by atoms with Gasteiger partial charge in [0.1, 0.15) is 17.7 Å². The zero-order valence-corrected chi connectivity index (χ0v) is 9.90. The largest absolute Gasteiger partial charge is 0.480 e. The quantitative estimate of drug-likeness (QED) is 0.567. The van der Waals surface area contributed by atoms with E-state index in [1.165, 1.54) is 0 Å². The van der Waals surface area contributed by atoms with Gasteiger partial charge in [0, 0.05) is 0 Å². The number of hydrogen-bond acceptors (Lipinski definition) is 5. The lowest BCUT2D eigenvalue weighted by atomic mass is 10.1. The molecule has 94 valence electrons. The number of hydrogen-bond donors (Lipinski definition) is 3. The number of carbonyl (C=O) groups is 2. The molecule has 6 nitrogen and oxygen atoms in total. The third-order valence-electron chi connectivity index (χ3n) is 1.82. The maximum Gasteiger partial charge on any atom is 0.323 e. The van der Waals surface area contributed by atoms with Gasteiger partial charge in [-0.2, -0.15) is 0 Å². The molecule has 2 unspecified atom stereocenters. The first kappa shape index (κ1) is 14.9. The summed E-state index contributed by atoms with van der Waals surface area (Å²) in [7, 11) is 0. The van der Waals surface area contributed by atoms with E-state index in [1.54, 1.807) is 20.8 Å². The van der Waals surface area contributed by atoms with Gasteiger partial charge in [0.25, 0.3) is 0 Å². The van der Waals surface area contributed by atoms with Crippen LogP contribution >= 0.6 is 0 Å². The number of carboxylic acid groups (broad SMARTS) is 1. The van der Waals surface area contributed by atoms with Crippen molar-refractivity contribution in [1.82, 2.24) is 0 Å². The molecule has 0 aromatic carbocycles. The fraction of sp³-hybridized carbons (Fsp3) is 0.800. The highest BCUT2D eigenvalue weighted by Gasteiger charge is 2.23. The molecule has 0 aliphatic carbocycles. The number of nitrogens with two attached hydrogens (primary N) is 2. The number of rotatable bonds is 5. The minimum Gasteiger partial charge on any atom is -0.480 e. The van der Waals surface area contributed by atoms with Gasteiger partial charge in [-0.1, -0.05) is 0 Å². The Kier molecular flexibility index (Phi) is 5.40. The molecule has 0 bridgehead atoms. The Labute approximate surface area is 94.9 Å². The zero-order valence-electron chi connectivity index (χ0n) is 9.90. The Hall–Kier alpha value is -1.14. The van der Waals surface area contributed by atoms with Crippen molar-refractivity contribution in [3.8, 4) is 0 Å². The van der Waals surface area contributed by atoms with Gasteiger partial charge >= 0.3 is 11.9 Å². The van der Waals surface area contributed by atoms with E-state index >= 15 is 0 Å². The van der Waals surface area contributed by atoms with Crippen molar-refractivity contribution in [3.63, 3.8) is 0 Å². The van der Waals surface area contributed by atoms with E-state index in [0.717, 1.165) is 0 Å². The third-order valence-corrected chi connectivity index (χ3v) is 1.82. The van der Waals surface area contributed by atoms with Crippen LogP contribution in [0.25, 0.3) is 0 Å². The van der Waals surface area contributed by atoms with Crippen molar-refractivity contribution in [2.24, 2.45) is 11.5 Å². The zero-order chi connectivity index (χ0) is 12.9. The third kappa shape index (κ3) is 6.36. The van der Waals surface area contributed by atoms with Crippen LogP contribution in [0.4, 0.5) is 0 Å². The fourth-order valence-corrected chi connectivity index (χ4v) is 0.978. The van der Waals surface area contributed by atoms with Crippen LogP contribution in [0, 0.1) is 0 Å². The summed E-state index contributed by atoms with van der Waals surface area (Å²) in [6.07, 6.45) is 0.345. The maximum absolute atomic E-state index is 11.4. The van der Waals surface area contributed by atoms with Gasteiger partial charge in [-0.15, -0.1) is 0 Å². The average molecular weight is 232 g/mol. The standard InChI is InChI=1S/C10H20N2O4/c1-10(2,3)16-9(15)7(12)5-4-6(11)8(13)14/h6-7H,4-5,11-12H2,1-3H3,(H,13,14). The minimum atomic E-state index is -1.10. The predicted molar refractivity (Wildman–Crippen MR) is 58.7 cm³/mol. The van der Waals surface area contributed by atoms with Crippen molar-refractivity contribution in [1.29, 1.82) is 0 Å². The van der Waals surface area contributed by atoms with Crippen LogP contribution in [0.1, 0.15) is 33.6 Å². The average Bonchev–Trinajstić information content (AvgIpc) is 2.10. The number of carbonyl (C=O) groups excluding carboxylic acids is 1. The summed E-state index contributed by atoms with van der Waals surface area (Å²) >= 11 is 0. The minimum absolute atomic E-state index is 0.149. The lowest BCUT2D eigenvalue weighted by Crippen LogP contribution is -2.39. The van der Waals surface area contributed by atoms with Crippen LogP contribution in [-0.4, -0.2) is 34.7 Å². The molecule has 0 aromatic heterocycles. The summed E-state index contributed by atoms with van der Waals surface area (Å²) in [5.41, 5.74) is 10.2. The van der Waals surface area contributed by atoms with E-state index in [0.29, 0.717) is 0 Å². The Balaban J connectivity index is 4.02. The first-order valence-electron chi connectivity index (χ1n) is 5.10. The van der Waals surface area contributed by atoms with Crippen LogP contribution in [0.3, 0.4) is 0 Å². The SMILES string of the molecule is CC(C)(C)OC(=O)C(N)CCC(N)C(=O)O.